The number of fused-ring (bicyclic) bond motifs is 1. The van der Waals surface area contributed by atoms with Gasteiger partial charge in [-0.2, -0.15) is 0 Å². The Balaban J connectivity index is 1.80. The molecule has 0 radical (unpaired) electrons. The molecule has 1 aliphatic carbocycles. The van der Waals surface area contributed by atoms with E-state index in [9.17, 15) is 4.79 Å². The number of hydrogen-bond donors (Lipinski definition) is 2. The smallest absolute Gasteiger partial charge is 0.308 e. The molecule has 2 heterocycles. The third-order valence-electron chi connectivity index (χ3n) is 3.24. The molecule has 2 N–H and O–H groups in total. The Bertz CT molecular complexity index is 583. The van der Waals surface area contributed by atoms with Crippen LogP contribution >= 0.6 is 0 Å². The minimum Gasteiger partial charge on any atom is -0.481 e. The second-order valence-corrected chi connectivity index (χ2v) is 4.37. The second-order valence-electron chi connectivity index (χ2n) is 4.37. The van der Waals surface area contributed by atoms with Crippen molar-refractivity contribution in [3.63, 3.8) is 0 Å². The molecule has 0 aliphatic heterocycles. The number of carboxylic acid groups (broad SMARTS) is 1. The van der Waals surface area contributed by atoms with E-state index in [2.05, 4.69) is 25.9 Å². The van der Waals surface area contributed by atoms with Crippen molar-refractivity contribution in [2.45, 2.75) is 25.3 Å². The molecule has 0 spiro atoms. The number of nitrogens with one attached hydrogen (secondary N) is 1. The van der Waals surface area contributed by atoms with Crippen molar-refractivity contribution < 1.29 is 9.90 Å². The van der Waals surface area contributed by atoms with Crippen LogP contribution in [0.1, 0.15) is 19.3 Å². The Morgan fingerprint density at radius 1 is 1.44 bits per heavy atom. The van der Waals surface area contributed by atoms with Gasteiger partial charge in [0, 0.05) is 6.04 Å². The minimum atomic E-state index is -0.756. The summed E-state index contributed by atoms with van der Waals surface area (Å²) in [6.07, 6.45) is 2.47. The normalized spacial score (nSPS) is 23.3. The highest BCUT2D eigenvalue weighted by Gasteiger charge is 2.33. The third kappa shape index (κ3) is 1.85. The molecule has 0 saturated heterocycles. The summed E-state index contributed by atoms with van der Waals surface area (Å²) >= 11 is 0. The summed E-state index contributed by atoms with van der Waals surface area (Å²) in [7, 11) is 0. The fraction of sp³-hybridized carbons (Fsp3) is 0.500. The first kappa shape index (κ1) is 10.9. The Morgan fingerprint density at radius 2 is 2.33 bits per heavy atom. The summed E-state index contributed by atoms with van der Waals surface area (Å²) in [6.45, 7) is 0. The average molecular weight is 248 g/mol. The molecule has 94 valence electrons. The van der Waals surface area contributed by atoms with Crippen LogP contribution in [0.3, 0.4) is 0 Å². The molecular formula is C10H12N6O2. The van der Waals surface area contributed by atoms with Gasteiger partial charge < -0.3 is 10.4 Å². The molecule has 2 aromatic rings. The van der Waals surface area contributed by atoms with Gasteiger partial charge in [0.15, 0.2) is 5.65 Å². The molecule has 18 heavy (non-hydrogen) atoms. The summed E-state index contributed by atoms with van der Waals surface area (Å²) in [6, 6.07) is 3.41. The number of hydrogen-bond acceptors (Lipinski definition) is 6. The van der Waals surface area contributed by atoms with Gasteiger partial charge in [-0.3, -0.25) is 4.79 Å². The lowest BCUT2D eigenvalue weighted by atomic mass is 10.0. The fourth-order valence-electron chi connectivity index (χ4n) is 2.34. The molecule has 2 atom stereocenters. The van der Waals surface area contributed by atoms with Gasteiger partial charge >= 0.3 is 5.97 Å². The number of nitrogens with zero attached hydrogens (tertiary/aromatic N) is 5. The molecule has 1 aliphatic rings. The van der Waals surface area contributed by atoms with Crippen molar-refractivity contribution in [3.05, 3.63) is 12.1 Å². The van der Waals surface area contributed by atoms with Gasteiger partial charge in [-0.1, -0.05) is 6.42 Å². The molecule has 0 aromatic carbocycles. The lowest BCUT2D eigenvalue weighted by Gasteiger charge is -2.17. The van der Waals surface area contributed by atoms with Crippen LogP contribution < -0.4 is 5.32 Å². The van der Waals surface area contributed by atoms with Gasteiger partial charge in [0.2, 0.25) is 0 Å². The predicted molar refractivity (Wildman–Crippen MR) is 61.0 cm³/mol. The van der Waals surface area contributed by atoms with E-state index in [1.54, 1.807) is 12.1 Å². The van der Waals surface area contributed by atoms with Crippen LogP contribution in [0.2, 0.25) is 0 Å². The first-order valence-corrected chi connectivity index (χ1v) is 5.79. The Morgan fingerprint density at radius 3 is 3.17 bits per heavy atom. The third-order valence-corrected chi connectivity index (χ3v) is 3.24. The first-order chi connectivity index (χ1) is 8.74. The molecule has 1 fully saturated rings. The Kier molecular flexibility index (Phi) is 2.54. The number of aliphatic carboxylic acids is 1. The van der Waals surface area contributed by atoms with Crippen molar-refractivity contribution in [2.75, 3.05) is 5.32 Å². The van der Waals surface area contributed by atoms with E-state index in [0.717, 1.165) is 12.8 Å². The van der Waals surface area contributed by atoms with E-state index in [-0.39, 0.29) is 12.0 Å². The van der Waals surface area contributed by atoms with Gasteiger partial charge in [-0.25, -0.2) is 0 Å². The molecule has 1 saturated carbocycles. The zero-order valence-electron chi connectivity index (χ0n) is 9.52. The molecule has 8 heteroatoms. The summed E-state index contributed by atoms with van der Waals surface area (Å²) in [5, 5.41) is 27.4. The molecule has 8 nitrogen and oxygen atoms in total. The van der Waals surface area contributed by atoms with Crippen LogP contribution in [0.25, 0.3) is 5.65 Å². The van der Waals surface area contributed by atoms with Crippen molar-refractivity contribution in [1.29, 1.82) is 0 Å². The number of carboxylic acids is 1. The highest BCUT2D eigenvalue weighted by molar-refractivity contribution is 5.72. The summed E-state index contributed by atoms with van der Waals surface area (Å²) in [4.78, 5) is 11.1. The lowest BCUT2D eigenvalue weighted by Crippen LogP contribution is -2.30. The van der Waals surface area contributed by atoms with Gasteiger partial charge in [-0.05, 0) is 35.4 Å². The molecule has 0 amide bonds. The Hall–Kier alpha value is -2.25. The summed E-state index contributed by atoms with van der Waals surface area (Å²) in [5.74, 6) is -0.516. The van der Waals surface area contributed by atoms with Crippen LogP contribution in [0.15, 0.2) is 12.1 Å². The molecule has 2 unspecified atom stereocenters. The fourth-order valence-corrected chi connectivity index (χ4v) is 2.34. The molecule has 2 aromatic heterocycles. The summed E-state index contributed by atoms with van der Waals surface area (Å²) in [5.41, 5.74) is 0.557. The quantitative estimate of drug-likeness (QED) is 0.798. The van der Waals surface area contributed by atoms with Crippen molar-refractivity contribution >= 4 is 17.4 Å². The zero-order chi connectivity index (χ0) is 12.5. The van der Waals surface area contributed by atoms with E-state index < -0.39 is 5.97 Å². The number of aromatic nitrogens is 5. The SMILES string of the molecule is O=C(O)C1CCCC1Nc1ccc2nnnn2n1. The number of tetrazole rings is 1. The second kappa shape index (κ2) is 4.21. The maximum atomic E-state index is 11.1. The van der Waals surface area contributed by atoms with Crippen LogP contribution in [0.4, 0.5) is 5.82 Å². The predicted octanol–water partition coefficient (Wildman–Crippen LogP) is 0.184. The molecule has 0 bridgehead atoms. The van der Waals surface area contributed by atoms with Crippen molar-refractivity contribution in [2.24, 2.45) is 5.92 Å². The first-order valence-electron chi connectivity index (χ1n) is 5.79. The van der Waals surface area contributed by atoms with E-state index in [1.807, 2.05) is 0 Å². The number of rotatable bonds is 3. The number of anilines is 1. The van der Waals surface area contributed by atoms with Gasteiger partial charge in [0.05, 0.1) is 5.92 Å². The topological polar surface area (TPSA) is 105 Å². The van der Waals surface area contributed by atoms with Crippen LogP contribution in [0, 0.1) is 5.92 Å². The highest BCUT2D eigenvalue weighted by atomic mass is 16.4. The van der Waals surface area contributed by atoms with E-state index in [1.165, 1.54) is 4.63 Å². The van der Waals surface area contributed by atoms with E-state index >= 15 is 0 Å². The minimum absolute atomic E-state index is 0.0797. The average Bonchev–Trinajstić information content (AvgIpc) is 2.96. The van der Waals surface area contributed by atoms with E-state index in [4.69, 9.17) is 5.11 Å². The van der Waals surface area contributed by atoms with Crippen LogP contribution in [-0.4, -0.2) is 42.4 Å². The number of carbonyl (C=O) groups is 1. The lowest BCUT2D eigenvalue weighted by molar-refractivity contribution is -0.141. The Labute approximate surface area is 102 Å². The monoisotopic (exact) mass is 248 g/mol. The van der Waals surface area contributed by atoms with Gasteiger partial charge in [0.25, 0.3) is 0 Å². The molecule has 3 rings (SSSR count). The largest absolute Gasteiger partial charge is 0.481 e. The summed E-state index contributed by atoms with van der Waals surface area (Å²) < 4.78 is 1.31. The highest BCUT2D eigenvalue weighted by Crippen LogP contribution is 2.28. The van der Waals surface area contributed by atoms with Crippen molar-refractivity contribution in [1.82, 2.24) is 25.3 Å². The van der Waals surface area contributed by atoms with Crippen LogP contribution in [-0.2, 0) is 4.79 Å². The molecular weight excluding hydrogens is 236 g/mol. The zero-order valence-corrected chi connectivity index (χ0v) is 9.52. The standard InChI is InChI=1S/C10H12N6O2/c17-10(18)6-2-1-3-7(6)11-8-4-5-9-12-14-15-16(9)13-8/h4-7H,1-3H2,(H,11,13)(H,17,18). The maximum Gasteiger partial charge on any atom is 0.308 e. The van der Waals surface area contributed by atoms with Crippen LogP contribution in [0.5, 0.6) is 0 Å². The van der Waals surface area contributed by atoms with E-state index in [0.29, 0.717) is 17.9 Å². The van der Waals surface area contributed by atoms with Gasteiger partial charge in [-0.15, -0.1) is 14.8 Å². The van der Waals surface area contributed by atoms with Crippen molar-refractivity contribution in [3.8, 4) is 0 Å². The maximum absolute atomic E-state index is 11.1. The van der Waals surface area contributed by atoms with Gasteiger partial charge in [0.1, 0.15) is 5.82 Å².